The van der Waals surface area contributed by atoms with Gasteiger partial charge in [0.1, 0.15) is 0 Å². The number of amides is 1. The molecule has 0 aromatic heterocycles. The fourth-order valence-electron chi connectivity index (χ4n) is 0.802. The first-order chi connectivity index (χ1) is 5.61. The van der Waals surface area contributed by atoms with Gasteiger partial charge < -0.3 is 5.73 Å². The fraction of sp³-hybridized carbons (Fsp3) is 0.750. The molecule has 12 heavy (non-hydrogen) atoms. The van der Waals surface area contributed by atoms with Crippen LogP contribution in [-0.2, 0) is 4.84 Å². The molecular weight excluding hydrogens is 156 g/mol. The summed E-state index contributed by atoms with van der Waals surface area (Å²) in [6.45, 7) is 6.63. The van der Waals surface area contributed by atoms with E-state index in [-0.39, 0.29) is 0 Å². The highest BCUT2D eigenvalue weighted by atomic mass is 16.7. The highest BCUT2D eigenvalue weighted by molar-refractivity contribution is 5.76. The molecule has 0 saturated carbocycles. The van der Waals surface area contributed by atoms with Gasteiger partial charge in [-0.3, -0.25) is 0 Å². The Balaban J connectivity index is 4.31. The van der Waals surface area contributed by atoms with Gasteiger partial charge in [0.05, 0.1) is 0 Å². The third-order valence-electron chi connectivity index (χ3n) is 1.56. The second-order valence-electron chi connectivity index (χ2n) is 2.60. The lowest BCUT2D eigenvalue weighted by atomic mass is 10.3. The van der Waals surface area contributed by atoms with Gasteiger partial charge in [0.25, 0.3) is 0 Å². The molecule has 1 amide bonds. The van der Waals surface area contributed by atoms with Crippen LogP contribution < -0.4 is 5.73 Å². The zero-order chi connectivity index (χ0) is 9.56. The van der Waals surface area contributed by atoms with Crippen molar-refractivity contribution in [3.05, 3.63) is 0 Å². The van der Waals surface area contributed by atoms with Gasteiger partial charge in [-0.05, 0) is 4.74 Å². The number of hydrogen-bond acceptors (Lipinski definition) is 2. The lowest BCUT2D eigenvalue weighted by Gasteiger charge is -1.99. The summed E-state index contributed by atoms with van der Waals surface area (Å²) in [4.78, 5) is 15.2. The van der Waals surface area contributed by atoms with Crippen LogP contribution in [0.1, 0.15) is 33.6 Å². The highest BCUT2D eigenvalue weighted by Crippen LogP contribution is 1.90. The van der Waals surface area contributed by atoms with Gasteiger partial charge in [0.2, 0.25) is 5.71 Å². The minimum Gasteiger partial charge on any atom is -0.330 e. The lowest BCUT2D eigenvalue weighted by Crippen LogP contribution is -2.27. The maximum atomic E-state index is 10.4. The summed E-state index contributed by atoms with van der Waals surface area (Å²) in [5, 5.41) is 0. The van der Waals surface area contributed by atoms with Crippen molar-refractivity contribution < 1.29 is 14.4 Å². The van der Waals surface area contributed by atoms with E-state index >= 15 is 0 Å². The molecule has 0 aliphatic rings. The van der Waals surface area contributed by atoms with Crippen molar-refractivity contribution >= 4 is 11.8 Å². The molecule has 0 unspecified atom stereocenters. The van der Waals surface area contributed by atoms with E-state index in [1.54, 1.807) is 4.74 Å². The van der Waals surface area contributed by atoms with E-state index in [1.807, 2.05) is 20.8 Å². The summed E-state index contributed by atoms with van der Waals surface area (Å²) in [6.07, 6.45) is 1.02. The Morgan fingerprint density at radius 2 is 2.08 bits per heavy atom. The zero-order valence-corrected chi connectivity index (χ0v) is 7.96. The van der Waals surface area contributed by atoms with Crippen molar-refractivity contribution in [1.29, 1.82) is 0 Å². The van der Waals surface area contributed by atoms with Crippen molar-refractivity contribution in [2.45, 2.75) is 33.6 Å². The number of carbonyl (C=O) groups excluding carboxylic acids is 1. The minimum absolute atomic E-state index is 0.697. The molecule has 4 nitrogen and oxygen atoms in total. The molecule has 4 heteroatoms. The molecule has 0 radical (unpaired) electrons. The first-order valence-electron chi connectivity index (χ1n) is 4.19. The minimum atomic E-state index is -0.753. The Kier molecular flexibility index (Phi) is 5.08. The lowest BCUT2D eigenvalue weighted by molar-refractivity contribution is -0.759. The summed E-state index contributed by atoms with van der Waals surface area (Å²) in [5.74, 6) is 0. The number of hydrogen-bond donors (Lipinski definition) is 1. The number of rotatable bonds is 4. The van der Waals surface area contributed by atoms with Gasteiger partial charge in [-0.15, -0.1) is 0 Å². The fourth-order valence-corrected chi connectivity index (χ4v) is 0.802. The largest absolute Gasteiger partial charge is 0.472 e. The van der Waals surface area contributed by atoms with Crippen LogP contribution in [0.25, 0.3) is 0 Å². The van der Waals surface area contributed by atoms with Crippen LogP contribution in [0.3, 0.4) is 0 Å². The predicted molar refractivity (Wildman–Crippen MR) is 47.1 cm³/mol. The molecule has 0 aromatic rings. The van der Waals surface area contributed by atoms with Crippen LogP contribution in [-0.4, -0.2) is 23.1 Å². The molecule has 0 heterocycles. The van der Waals surface area contributed by atoms with E-state index in [0.717, 1.165) is 18.6 Å². The third kappa shape index (κ3) is 3.95. The smallest absolute Gasteiger partial charge is 0.330 e. The summed E-state index contributed by atoms with van der Waals surface area (Å²) in [5.41, 5.74) is 5.91. The Bertz CT molecular complexity index is 187. The molecule has 0 aliphatic carbocycles. The van der Waals surface area contributed by atoms with E-state index in [4.69, 9.17) is 10.6 Å². The number of nitrogens with two attached hydrogens (primary N) is 1. The molecule has 0 aliphatic heterocycles. The molecule has 0 saturated heterocycles. The van der Waals surface area contributed by atoms with E-state index < -0.39 is 6.09 Å². The monoisotopic (exact) mass is 173 g/mol. The molecule has 0 fully saturated rings. The average Bonchev–Trinajstić information content (AvgIpc) is 2.01. The predicted octanol–water partition coefficient (Wildman–Crippen LogP) is 1.29. The van der Waals surface area contributed by atoms with Crippen molar-refractivity contribution in [2.75, 3.05) is 6.54 Å². The van der Waals surface area contributed by atoms with Gasteiger partial charge in [0.15, 0.2) is 6.54 Å². The molecule has 0 rings (SSSR count). The number of carbonyl (C=O) groups is 1. The molecule has 70 valence electrons. The van der Waals surface area contributed by atoms with Gasteiger partial charge in [-0.25, -0.2) is 4.79 Å². The maximum absolute atomic E-state index is 10.4. The molecular formula is C8H17N2O2+. The summed E-state index contributed by atoms with van der Waals surface area (Å²) >= 11 is 0. The van der Waals surface area contributed by atoms with Crippen LogP contribution in [0.15, 0.2) is 0 Å². The van der Waals surface area contributed by atoms with Gasteiger partial charge in [0, 0.05) is 19.8 Å². The third-order valence-corrected chi connectivity index (χ3v) is 1.56. The summed E-state index contributed by atoms with van der Waals surface area (Å²) in [7, 11) is 0. The van der Waals surface area contributed by atoms with E-state index in [2.05, 4.69) is 0 Å². The Morgan fingerprint density at radius 3 is 2.42 bits per heavy atom. The van der Waals surface area contributed by atoms with Gasteiger partial charge in [-0.1, -0.05) is 13.8 Å². The van der Waals surface area contributed by atoms with Gasteiger partial charge >= 0.3 is 6.09 Å². The molecule has 0 aromatic carbocycles. The Hall–Kier alpha value is -1.06. The van der Waals surface area contributed by atoms with E-state index in [1.165, 1.54) is 0 Å². The SMILES string of the molecule is CCC[N+](OC(N)=O)=C(C)CC. The topological polar surface area (TPSA) is 55.3 Å². The first-order valence-corrected chi connectivity index (χ1v) is 4.19. The van der Waals surface area contributed by atoms with Gasteiger partial charge in [-0.2, -0.15) is 4.84 Å². The van der Waals surface area contributed by atoms with Crippen LogP contribution in [0.4, 0.5) is 4.79 Å². The zero-order valence-electron chi connectivity index (χ0n) is 7.96. The number of hydroxylamine groups is 1. The van der Waals surface area contributed by atoms with Crippen LogP contribution >= 0.6 is 0 Å². The van der Waals surface area contributed by atoms with E-state index in [9.17, 15) is 4.79 Å². The summed E-state index contributed by atoms with van der Waals surface area (Å²) in [6, 6.07) is 0. The van der Waals surface area contributed by atoms with Crippen molar-refractivity contribution in [1.82, 2.24) is 0 Å². The molecule has 0 spiro atoms. The second-order valence-corrected chi connectivity index (χ2v) is 2.60. The maximum Gasteiger partial charge on any atom is 0.472 e. The average molecular weight is 173 g/mol. The van der Waals surface area contributed by atoms with Crippen molar-refractivity contribution in [3.8, 4) is 0 Å². The highest BCUT2D eigenvalue weighted by Gasteiger charge is 2.12. The number of primary amides is 1. The quantitative estimate of drug-likeness (QED) is 0.301. The Morgan fingerprint density at radius 1 is 1.50 bits per heavy atom. The van der Waals surface area contributed by atoms with Crippen LogP contribution in [0.5, 0.6) is 0 Å². The standard InChI is InChI=1S/C8H16N2O2/c1-4-6-10(7(3)5-2)12-8(9)11/h4-6H2,1-3H3,(H-,9,11)/p+1. The molecule has 0 atom stereocenters. The number of nitrogens with zero attached hydrogens (tertiary/aromatic N) is 1. The normalized spacial score (nSPS) is 12.2. The van der Waals surface area contributed by atoms with E-state index in [0.29, 0.717) is 6.54 Å². The summed E-state index contributed by atoms with van der Waals surface area (Å²) < 4.78 is 1.54. The van der Waals surface area contributed by atoms with Crippen LogP contribution in [0, 0.1) is 0 Å². The molecule has 0 bridgehead atoms. The van der Waals surface area contributed by atoms with Crippen molar-refractivity contribution in [3.63, 3.8) is 0 Å². The Labute approximate surface area is 73.0 Å². The second kappa shape index (κ2) is 5.57. The van der Waals surface area contributed by atoms with Crippen LogP contribution in [0.2, 0.25) is 0 Å². The first kappa shape index (κ1) is 10.9. The molecule has 2 N–H and O–H groups in total. The van der Waals surface area contributed by atoms with Crippen molar-refractivity contribution in [2.24, 2.45) is 5.73 Å².